The number of alkyl halides is 1. The summed E-state index contributed by atoms with van der Waals surface area (Å²) < 4.78 is 30.3. The summed E-state index contributed by atoms with van der Waals surface area (Å²) in [4.78, 5) is 40.2. The lowest BCUT2D eigenvalue weighted by Crippen LogP contribution is -2.42. The van der Waals surface area contributed by atoms with E-state index in [-0.39, 0.29) is 30.1 Å². The molecule has 1 aromatic carbocycles. The van der Waals surface area contributed by atoms with Gasteiger partial charge in [-0.3, -0.25) is 9.59 Å². The summed E-state index contributed by atoms with van der Waals surface area (Å²) in [5.74, 6) is -1.12. The van der Waals surface area contributed by atoms with Crippen LogP contribution in [0, 0.1) is 5.92 Å². The minimum Gasteiger partial charge on any atom is -0.483 e. The van der Waals surface area contributed by atoms with E-state index in [4.69, 9.17) is 13.9 Å². The van der Waals surface area contributed by atoms with Crippen molar-refractivity contribution in [2.24, 2.45) is 5.92 Å². The molecule has 3 heterocycles. The molecule has 1 aliphatic carbocycles. The average molecular weight is 439 g/mol. The quantitative estimate of drug-likeness (QED) is 0.678. The SMILES string of the molecule is COC(=O)c1ccc(C2C3=C(OC4CCC(F)CC4C3=O)C(=O)N2Cc2ccco2)cc1. The van der Waals surface area contributed by atoms with Crippen LogP contribution in [0.25, 0.3) is 0 Å². The lowest BCUT2D eigenvalue weighted by atomic mass is 9.77. The van der Waals surface area contributed by atoms with Crippen molar-refractivity contribution in [3.63, 3.8) is 0 Å². The van der Waals surface area contributed by atoms with Gasteiger partial charge in [0.1, 0.15) is 18.0 Å². The molecule has 1 aromatic heterocycles. The minimum absolute atomic E-state index is 0.0437. The first-order chi connectivity index (χ1) is 15.5. The Labute approximate surface area is 183 Å². The summed E-state index contributed by atoms with van der Waals surface area (Å²) in [6.07, 6.45) is 0.794. The van der Waals surface area contributed by atoms with Crippen LogP contribution in [0.2, 0.25) is 0 Å². The topological polar surface area (TPSA) is 86.0 Å². The Balaban J connectivity index is 1.56. The highest BCUT2D eigenvalue weighted by atomic mass is 19.1. The van der Waals surface area contributed by atoms with Crippen LogP contribution in [0.1, 0.15) is 47.0 Å². The van der Waals surface area contributed by atoms with E-state index in [0.29, 0.717) is 29.7 Å². The van der Waals surface area contributed by atoms with Crippen molar-refractivity contribution in [3.8, 4) is 0 Å². The van der Waals surface area contributed by atoms with E-state index in [1.165, 1.54) is 18.3 Å². The van der Waals surface area contributed by atoms with Gasteiger partial charge in [-0.15, -0.1) is 0 Å². The van der Waals surface area contributed by atoms with Gasteiger partial charge < -0.3 is 18.8 Å². The van der Waals surface area contributed by atoms with Crippen molar-refractivity contribution in [2.75, 3.05) is 7.11 Å². The number of benzene rings is 1. The Hall–Kier alpha value is -3.42. The monoisotopic (exact) mass is 439 g/mol. The van der Waals surface area contributed by atoms with Gasteiger partial charge in [-0.25, -0.2) is 9.18 Å². The van der Waals surface area contributed by atoms with Crippen LogP contribution in [0.5, 0.6) is 0 Å². The molecule has 4 atom stereocenters. The second-order valence-electron chi connectivity index (χ2n) is 8.31. The molecule has 1 saturated carbocycles. The molecular weight excluding hydrogens is 417 g/mol. The number of halogens is 1. The van der Waals surface area contributed by atoms with Crippen molar-refractivity contribution in [2.45, 2.75) is 44.1 Å². The number of carbonyl (C=O) groups excluding carboxylic acids is 3. The van der Waals surface area contributed by atoms with E-state index in [2.05, 4.69) is 0 Å². The van der Waals surface area contributed by atoms with Gasteiger partial charge in [-0.05, 0) is 49.1 Å². The number of fused-ring (bicyclic) bond motifs is 1. The molecule has 1 amide bonds. The number of rotatable bonds is 4. The number of methoxy groups -OCH3 is 1. The number of Topliss-reactive ketones (excluding diaryl/α,β-unsaturated/α-hetero) is 1. The smallest absolute Gasteiger partial charge is 0.337 e. The fourth-order valence-corrected chi connectivity index (χ4v) is 4.86. The largest absolute Gasteiger partial charge is 0.483 e. The third-order valence-electron chi connectivity index (χ3n) is 6.43. The second kappa shape index (κ2) is 7.93. The Morgan fingerprint density at radius 3 is 2.66 bits per heavy atom. The van der Waals surface area contributed by atoms with Gasteiger partial charge in [-0.2, -0.15) is 0 Å². The molecule has 0 radical (unpaired) electrons. The normalized spacial score (nSPS) is 27.1. The lowest BCUT2D eigenvalue weighted by molar-refractivity contribution is -0.136. The van der Waals surface area contributed by atoms with Crippen LogP contribution < -0.4 is 0 Å². The van der Waals surface area contributed by atoms with E-state index >= 15 is 0 Å². The van der Waals surface area contributed by atoms with Crippen LogP contribution in [-0.4, -0.2) is 41.9 Å². The zero-order valence-corrected chi connectivity index (χ0v) is 17.5. The maximum absolute atomic E-state index is 14.1. The molecule has 4 unspecified atom stereocenters. The molecule has 0 spiro atoms. The first-order valence-electron chi connectivity index (χ1n) is 10.6. The molecule has 0 N–H and O–H groups in total. The molecular formula is C24H22FNO6. The van der Waals surface area contributed by atoms with Gasteiger partial charge in [0.25, 0.3) is 5.91 Å². The number of ketones is 1. The summed E-state index contributed by atoms with van der Waals surface area (Å²) in [7, 11) is 1.30. The molecule has 32 heavy (non-hydrogen) atoms. The van der Waals surface area contributed by atoms with Gasteiger partial charge in [0.2, 0.25) is 0 Å². The summed E-state index contributed by atoms with van der Waals surface area (Å²) in [5, 5.41) is 0. The first-order valence-corrected chi connectivity index (χ1v) is 10.6. The number of furan rings is 1. The van der Waals surface area contributed by atoms with E-state index < -0.39 is 36.1 Å². The number of ether oxygens (including phenoxy) is 2. The maximum atomic E-state index is 14.1. The summed E-state index contributed by atoms with van der Waals surface area (Å²) >= 11 is 0. The van der Waals surface area contributed by atoms with E-state index in [1.54, 1.807) is 36.4 Å². The molecule has 2 aromatic rings. The third-order valence-corrected chi connectivity index (χ3v) is 6.43. The Morgan fingerprint density at radius 2 is 1.97 bits per heavy atom. The predicted molar refractivity (Wildman–Crippen MR) is 109 cm³/mol. The van der Waals surface area contributed by atoms with Crippen molar-refractivity contribution < 1.29 is 32.7 Å². The molecule has 8 heteroatoms. The molecule has 1 fully saturated rings. The maximum Gasteiger partial charge on any atom is 0.337 e. The fraction of sp³-hybridized carbons (Fsp3) is 0.375. The number of hydrogen-bond donors (Lipinski definition) is 0. The number of hydrogen-bond acceptors (Lipinski definition) is 6. The summed E-state index contributed by atoms with van der Waals surface area (Å²) in [6, 6.07) is 9.30. The summed E-state index contributed by atoms with van der Waals surface area (Å²) in [6.45, 7) is 0.139. The van der Waals surface area contributed by atoms with Gasteiger partial charge in [0.15, 0.2) is 11.5 Å². The molecule has 3 aliphatic rings. The molecule has 0 saturated heterocycles. The fourth-order valence-electron chi connectivity index (χ4n) is 4.86. The first kappa shape index (κ1) is 20.5. The third kappa shape index (κ3) is 3.30. The Bertz CT molecular complexity index is 1090. The predicted octanol–water partition coefficient (Wildman–Crippen LogP) is 3.51. The van der Waals surface area contributed by atoms with Crippen LogP contribution in [0.3, 0.4) is 0 Å². The van der Waals surface area contributed by atoms with Gasteiger partial charge in [0, 0.05) is 0 Å². The summed E-state index contributed by atoms with van der Waals surface area (Å²) in [5.41, 5.74) is 1.25. The highest BCUT2D eigenvalue weighted by Crippen LogP contribution is 2.47. The van der Waals surface area contributed by atoms with Crippen LogP contribution in [0.4, 0.5) is 4.39 Å². The van der Waals surface area contributed by atoms with Crippen molar-refractivity contribution in [1.29, 1.82) is 0 Å². The van der Waals surface area contributed by atoms with Gasteiger partial charge in [0.05, 0.1) is 43.0 Å². The zero-order chi connectivity index (χ0) is 22.4. The van der Waals surface area contributed by atoms with E-state index in [1.807, 2.05) is 0 Å². The van der Waals surface area contributed by atoms with Crippen molar-refractivity contribution in [1.82, 2.24) is 4.90 Å². The minimum atomic E-state index is -1.06. The highest BCUT2D eigenvalue weighted by molar-refractivity contribution is 6.11. The van der Waals surface area contributed by atoms with Crippen LogP contribution in [-0.2, 0) is 25.6 Å². The van der Waals surface area contributed by atoms with Gasteiger partial charge >= 0.3 is 5.97 Å². The molecule has 7 nitrogen and oxygen atoms in total. The van der Waals surface area contributed by atoms with Crippen molar-refractivity contribution >= 4 is 17.7 Å². The number of nitrogens with zero attached hydrogens (tertiary/aromatic N) is 1. The average Bonchev–Trinajstić information content (AvgIpc) is 3.41. The van der Waals surface area contributed by atoms with E-state index in [9.17, 15) is 18.8 Å². The molecule has 166 valence electrons. The standard InChI is InChI=1S/C24H22FNO6/c1-30-24(29)14-6-4-13(5-7-14)20-19-21(27)17-11-15(25)8-9-18(17)32-22(19)23(28)26(20)12-16-3-2-10-31-16/h2-7,10,15,17-18,20H,8-9,11-12H2,1H3. The van der Waals surface area contributed by atoms with E-state index in [0.717, 1.165) is 0 Å². The molecule has 2 aliphatic heterocycles. The molecule has 5 rings (SSSR count). The number of carbonyl (C=O) groups is 3. The van der Waals surface area contributed by atoms with Crippen LogP contribution >= 0.6 is 0 Å². The van der Waals surface area contributed by atoms with Crippen molar-refractivity contribution in [3.05, 3.63) is 70.9 Å². The number of esters is 1. The lowest BCUT2D eigenvalue weighted by Gasteiger charge is -2.36. The Morgan fingerprint density at radius 1 is 1.19 bits per heavy atom. The number of amides is 1. The molecule has 0 bridgehead atoms. The highest BCUT2D eigenvalue weighted by Gasteiger charge is 2.53. The van der Waals surface area contributed by atoms with Crippen LogP contribution in [0.15, 0.2) is 58.4 Å². The zero-order valence-electron chi connectivity index (χ0n) is 17.5. The second-order valence-corrected chi connectivity index (χ2v) is 8.31. The van der Waals surface area contributed by atoms with Gasteiger partial charge in [-0.1, -0.05) is 12.1 Å². The Kier molecular flexibility index (Phi) is 5.07.